The van der Waals surface area contributed by atoms with Crippen LogP contribution in [0.4, 0.5) is 0 Å². The first-order chi connectivity index (χ1) is 10.2. The summed E-state index contributed by atoms with van der Waals surface area (Å²) in [6.07, 6.45) is 2.99. The van der Waals surface area contributed by atoms with Gasteiger partial charge in [-0.1, -0.05) is 18.2 Å². The van der Waals surface area contributed by atoms with Crippen molar-refractivity contribution in [3.63, 3.8) is 0 Å². The Kier molecular flexibility index (Phi) is 2.64. The number of carbonyl (C=O) groups excluding carboxylic acids is 1. The zero-order chi connectivity index (χ0) is 14.4. The number of rotatable bonds is 1. The van der Waals surface area contributed by atoms with Gasteiger partial charge in [0.05, 0.1) is 0 Å². The zero-order valence-electron chi connectivity index (χ0n) is 12.0. The molecule has 2 aromatic heterocycles. The number of para-hydroxylation sites is 1. The molecule has 3 aromatic rings. The molecule has 1 N–H and O–H groups in total. The summed E-state index contributed by atoms with van der Waals surface area (Å²) in [4.78, 5) is 17.8. The maximum absolute atomic E-state index is 12.7. The number of nitrogens with one attached hydrogen (secondary N) is 1. The number of amides is 1. The van der Waals surface area contributed by atoms with E-state index in [4.69, 9.17) is 0 Å². The Bertz CT molecular complexity index is 795. The second kappa shape index (κ2) is 4.52. The molecule has 1 amide bonds. The quantitative estimate of drug-likeness (QED) is 0.731. The molecule has 1 aliphatic heterocycles. The summed E-state index contributed by atoms with van der Waals surface area (Å²) < 4.78 is 2.15. The number of hydrogen-bond donors (Lipinski definition) is 1. The van der Waals surface area contributed by atoms with E-state index in [1.807, 2.05) is 35.2 Å². The summed E-state index contributed by atoms with van der Waals surface area (Å²) in [5.74, 6) is 0.0840. The number of hydrogen-bond acceptors (Lipinski definition) is 1. The molecule has 0 saturated heterocycles. The minimum Gasteiger partial charge on any atom is -0.354 e. The van der Waals surface area contributed by atoms with Crippen molar-refractivity contribution < 1.29 is 4.79 Å². The number of aromatic amines is 1. The Morgan fingerprint density at radius 2 is 2.10 bits per heavy atom. The fraction of sp³-hybridized carbons (Fsp3) is 0.235. The molecule has 0 bridgehead atoms. The lowest BCUT2D eigenvalue weighted by Gasteiger charge is -2.27. The summed E-state index contributed by atoms with van der Waals surface area (Å²) >= 11 is 0. The van der Waals surface area contributed by atoms with Crippen LogP contribution in [0.5, 0.6) is 0 Å². The summed E-state index contributed by atoms with van der Waals surface area (Å²) in [7, 11) is 2.06. The molecule has 0 unspecified atom stereocenters. The van der Waals surface area contributed by atoms with E-state index in [1.165, 1.54) is 11.3 Å². The normalized spacial score (nSPS) is 14.4. The van der Waals surface area contributed by atoms with Gasteiger partial charge in [0.25, 0.3) is 5.91 Å². The third kappa shape index (κ3) is 1.95. The van der Waals surface area contributed by atoms with Crippen molar-refractivity contribution in [1.29, 1.82) is 0 Å². The standard InChI is InChI=1S/C17H17N3O/c1-19-8-6-13-11-20(9-7-16(13)19)17(21)15-10-12-4-2-3-5-14(12)18-15/h2-6,8,10,18H,7,9,11H2,1H3. The Hall–Kier alpha value is -2.49. The van der Waals surface area contributed by atoms with Gasteiger partial charge in [-0.2, -0.15) is 0 Å². The van der Waals surface area contributed by atoms with Crippen molar-refractivity contribution in [1.82, 2.24) is 14.5 Å². The summed E-state index contributed by atoms with van der Waals surface area (Å²) in [5, 5.41) is 1.08. The van der Waals surface area contributed by atoms with Crippen LogP contribution in [0.25, 0.3) is 10.9 Å². The topological polar surface area (TPSA) is 41.0 Å². The number of nitrogens with zero attached hydrogens (tertiary/aromatic N) is 2. The van der Waals surface area contributed by atoms with E-state index in [0.717, 1.165) is 23.9 Å². The van der Waals surface area contributed by atoms with Crippen LogP contribution in [0.3, 0.4) is 0 Å². The Balaban J connectivity index is 1.63. The third-order valence-corrected chi connectivity index (χ3v) is 4.32. The summed E-state index contributed by atoms with van der Waals surface area (Å²) in [5.41, 5.74) is 4.29. The number of H-pyrrole nitrogens is 1. The summed E-state index contributed by atoms with van der Waals surface area (Å²) in [6, 6.07) is 12.0. The van der Waals surface area contributed by atoms with Crippen molar-refractivity contribution in [3.05, 3.63) is 59.5 Å². The first-order valence-corrected chi connectivity index (χ1v) is 7.22. The molecule has 21 heavy (non-hydrogen) atoms. The maximum Gasteiger partial charge on any atom is 0.270 e. The first-order valence-electron chi connectivity index (χ1n) is 7.22. The number of carbonyl (C=O) groups is 1. The van der Waals surface area contributed by atoms with E-state index in [1.54, 1.807) is 0 Å². The van der Waals surface area contributed by atoms with Crippen molar-refractivity contribution in [2.75, 3.05) is 6.54 Å². The molecule has 0 radical (unpaired) electrons. The molecule has 106 valence electrons. The van der Waals surface area contributed by atoms with Gasteiger partial charge in [-0.05, 0) is 23.8 Å². The number of fused-ring (bicyclic) bond motifs is 2. The largest absolute Gasteiger partial charge is 0.354 e. The predicted octanol–water partition coefficient (Wildman–Crippen LogP) is 2.70. The van der Waals surface area contributed by atoms with Crippen LogP contribution in [0.1, 0.15) is 21.7 Å². The van der Waals surface area contributed by atoms with Gasteiger partial charge >= 0.3 is 0 Å². The molecule has 4 heteroatoms. The fourth-order valence-corrected chi connectivity index (χ4v) is 3.15. The number of aromatic nitrogens is 2. The van der Waals surface area contributed by atoms with Gasteiger partial charge in [0, 0.05) is 49.4 Å². The average molecular weight is 279 g/mol. The highest BCUT2D eigenvalue weighted by atomic mass is 16.2. The average Bonchev–Trinajstić information content (AvgIpc) is 3.10. The molecule has 3 heterocycles. The number of aryl methyl sites for hydroxylation is 1. The predicted molar refractivity (Wildman–Crippen MR) is 82.2 cm³/mol. The van der Waals surface area contributed by atoms with Crippen LogP contribution in [0.15, 0.2) is 42.6 Å². The molecule has 0 saturated carbocycles. The fourth-order valence-electron chi connectivity index (χ4n) is 3.15. The third-order valence-electron chi connectivity index (χ3n) is 4.32. The molecule has 1 aromatic carbocycles. The van der Waals surface area contributed by atoms with Crippen molar-refractivity contribution >= 4 is 16.8 Å². The van der Waals surface area contributed by atoms with Crippen LogP contribution in [0.2, 0.25) is 0 Å². The van der Waals surface area contributed by atoms with Crippen LogP contribution in [-0.2, 0) is 20.0 Å². The van der Waals surface area contributed by atoms with E-state index in [-0.39, 0.29) is 5.91 Å². The van der Waals surface area contributed by atoms with Gasteiger partial charge in [-0.3, -0.25) is 4.79 Å². The highest BCUT2D eigenvalue weighted by Crippen LogP contribution is 2.22. The van der Waals surface area contributed by atoms with Gasteiger partial charge in [-0.25, -0.2) is 0 Å². The smallest absolute Gasteiger partial charge is 0.270 e. The second-order valence-corrected chi connectivity index (χ2v) is 5.65. The highest BCUT2D eigenvalue weighted by Gasteiger charge is 2.24. The molecule has 0 fully saturated rings. The van der Waals surface area contributed by atoms with Gasteiger partial charge in [0.15, 0.2) is 0 Å². The van der Waals surface area contributed by atoms with Crippen LogP contribution in [-0.4, -0.2) is 26.9 Å². The van der Waals surface area contributed by atoms with Gasteiger partial charge in [0.2, 0.25) is 0 Å². The lowest BCUT2D eigenvalue weighted by atomic mass is 10.1. The minimum atomic E-state index is 0.0840. The number of benzene rings is 1. The van der Waals surface area contributed by atoms with Gasteiger partial charge < -0.3 is 14.5 Å². The second-order valence-electron chi connectivity index (χ2n) is 5.65. The van der Waals surface area contributed by atoms with Crippen LogP contribution in [0, 0.1) is 0 Å². The van der Waals surface area contributed by atoms with E-state index >= 15 is 0 Å². The molecule has 0 aliphatic carbocycles. The minimum absolute atomic E-state index is 0.0840. The lowest BCUT2D eigenvalue weighted by molar-refractivity contribution is 0.0728. The van der Waals surface area contributed by atoms with Crippen molar-refractivity contribution in [3.8, 4) is 0 Å². The highest BCUT2D eigenvalue weighted by molar-refractivity contribution is 5.98. The molecule has 4 nitrogen and oxygen atoms in total. The Morgan fingerprint density at radius 3 is 2.95 bits per heavy atom. The SMILES string of the molecule is Cn1ccc2c1CCN(C(=O)c1cc3ccccc3[nH]1)C2. The molecular formula is C17H17N3O. The van der Waals surface area contributed by atoms with E-state index < -0.39 is 0 Å². The Morgan fingerprint density at radius 1 is 1.24 bits per heavy atom. The van der Waals surface area contributed by atoms with E-state index in [0.29, 0.717) is 12.2 Å². The van der Waals surface area contributed by atoms with Gasteiger partial charge in [-0.15, -0.1) is 0 Å². The first kappa shape index (κ1) is 12.3. The monoisotopic (exact) mass is 279 g/mol. The lowest BCUT2D eigenvalue weighted by Crippen LogP contribution is -2.36. The van der Waals surface area contributed by atoms with Crippen molar-refractivity contribution in [2.45, 2.75) is 13.0 Å². The van der Waals surface area contributed by atoms with E-state index in [9.17, 15) is 4.79 Å². The maximum atomic E-state index is 12.7. The molecule has 4 rings (SSSR count). The van der Waals surface area contributed by atoms with E-state index in [2.05, 4.69) is 28.9 Å². The summed E-state index contributed by atoms with van der Waals surface area (Å²) in [6.45, 7) is 1.48. The molecular weight excluding hydrogens is 262 g/mol. The zero-order valence-corrected chi connectivity index (χ0v) is 12.0. The molecule has 1 aliphatic rings. The van der Waals surface area contributed by atoms with Crippen molar-refractivity contribution in [2.24, 2.45) is 7.05 Å². The van der Waals surface area contributed by atoms with Crippen LogP contribution < -0.4 is 0 Å². The van der Waals surface area contributed by atoms with Gasteiger partial charge in [0.1, 0.15) is 5.69 Å². The van der Waals surface area contributed by atoms with Crippen LogP contribution >= 0.6 is 0 Å². The Labute approximate surface area is 123 Å². The molecule has 0 atom stereocenters. The molecule has 0 spiro atoms.